The molecule has 1 aromatic rings. The Balaban J connectivity index is 1.16. The maximum Gasteiger partial charge on any atom is 0.326 e. The number of hydrogen-bond donors (Lipinski definition) is 3. The van der Waals surface area contributed by atoms with Gasteiger partial charge in [0.05, 0.1) is 6.42 Å². The summed E-state index contributed by atoms with van der Waals surface area (Å²) in [6.07, 6.45) is 1.75. The number of amides is 2. The number of ether oxygens (including phenoxy) is 3. The number of benzene rings is 1. The van der Waals surface area contributed by atoms with Crippen LogP contribution in [0.3, 0.4) is 0 Å². The Labute approximate surface area is 270 Å². The van der Waals surface area contributed by atoms with Gasteiger partial charge in [-0.1, -0.05) is 58.0 Å². The molecule has 1 aromatic carbocycles. The van der Waals surface area contributed by atoms with Crippen molar-refractivity contribution < 1.29 is 48.3 Å². The first kappa shape index (κ1) is 34.3. The second-order valence-electron chi connectivity index (χ2n) is 14.1. The number of fused-ring (bicyclic) bond motifs is 2. The van der Waals surface area contributed by atoms with Crippen LogP contribution in [0.1, 0.15) is 85.1 Å². The molecule has 0 aromatic heterocycles. The molecule has 2 amide bonds. The Morgan fingerprint density at radius 3 is 2.41 bits per heavy atom. The summed E-state index contributed by atoms with van der Waals surface area (Å²) in [4.78, 5) is 63.0. The first-order valence-corrected chi connectivity index (χ1v) is 16.6. The van der Waals surface area contributed by atoms with Crippen molar-refractivity contribution >= 4 is 23.8 Å². The number of carboxylic acids is 1. The van der Waals surface area contributed by atoms with Gasteiger partial charge in [0.15, 0.2) is 11.9 Å². The molecule has 5 fully saturated rings. The molecule has 1 aliphatic carbocycles. The summed E-state index contributed by atoms with van der Waals surface area (Å²) in [5.74, 6) is -3.43. The zero-order chi connectivity index (χ0) is 33.2. The highest BCUT2D eigenvalue weighted by Gasteiger charge is 2.69. The number of carbonyl (C=O) groups excluding carboxylic acids is 3. The van der Waals surface area contributed by atoms with Gasteiger partial charge in [-0.05, 0) is 55.9 Å². The van der Waals surface area contributed by atoms with Crippen LogP contribution in [-0.4, -0.2) is 64.9 Å². The van der Waals surface area contributed by atoms with Gasteiger partial charge in [-0.2, -0.15) is 0 Å². The zero-order valence-corrected chi connectivity index (χ0v) is 27.4. The molecule has 6 rings (SSSR count). The lowest BCUT2D eigenvalue weighted by atomic mass is 9.58. The molecule has 10 atom stereocenters. The molecule has 254 valence electrons. The van der Waals surface area contributed by atoms with Crippen LogP contribution in [0, 0.1) is 29.6 Å². The topological polar surface area (TPSA) is 159 Å². The molecule has 4 aliphatic heterocycles. The van der Waals surface area contributed by atoms with E-state index in [1.165, 1.54) is 0 Å². The summed E-state index contributed by atoms with van der Waals surface area (Å²) in [6, 6.07) is 6.86. The van der Waals surface area contributed by atoms with Crippen molar-refractivity contribution in [2.24, 2.45) is 29.6 Å². The molecule has 0 radical (unpaired) electrons. The van der Waals surface area contributed by atoms with E-state index in [0.29, 0.717) is 18.8 Å². The molecule has 2 unspecified atom stereocenters. The molecular formula is C34H48N2O10. The van der Waals surface area contributed by atoms with E-state index in [2.05, 4.69) is 17.6 Å². The van der Waals surface area contributed by atoms with Crippen LogP contribution < -0.4 is 10.6 Å². The predicted octanol–water partition coefficient (Wildman–Crippen LogP) is 3.86. The molecular weight excluding hydrogens is 596 g/mol. The van der Waals surface area contributed by atoms with Crippen molar-refractivity contribution in [2.75, 3.05) is 0 Å². The number of esters is 1. The second kappa shape index (κ2) is 14.0. The normalized spacial score (nSPS) is 34.5. The second-order valence-corrected chi connectivity index (χ2v) is 14.1. The standard InChI is InChI=1S/C34H48N2O10/c1-19(2)17-25(29(39)36-26(30(40)41)18-22-9-7-6-8-10-22)35-27(37)13-14-28(38)42-31-21(4)24-12-11-20(3)23-15-16-33(5)44-32(43-31)34(23,24)46-45-33/h6-10,19-21,23-26,31-32H,11-18H2,1-5H3,(H,35,37)(H,36,39)(H,40,41)/t20-,21-,23+,24+,25?,26?,31-,32+,33-,34-/m1/s1. The lowest BCUT2D eigenvalue weighted by Gasteiger charge is -2.59. The Bertz CT molecular complexity index is 1280. The van der Waals surface area contributed by atoms with Gasteiger partial charge in [0, 0.05) is 31.1 Å². The minimum Gasteiger partial charge on any atom is -0.480 e. The van der Waals surface area contributed by atoms with Gasteiger partial charge in [-0.15, -0.1) is 0 Å². The van der Waals surface area contributed by atoms with E-state index >= 15 is 0 Å². The lowest BCUT2D eigenvalue weighted by molar-refractivity contribution is -0.576. The van der Waals surface area contributed by atoms with Crippen molar-refractivity contribution in [1.82, 2.24) is 10.6 Å². The quantitative estimate of drug-likeness (QED) is 0.225. The summed E-state index contributed by atoms with van der Waals surface area (Å²) >= 11 is 0. The van der Waals surface area contributed by atoms with Crippen LogP contribution in [0.4, 0.5) is 0 Å². The zero-order valence-electron chi connectivity index (χ0n) is 27.4. The van der Waals surface area contributed by atoms with E-state index in [4.69, 9.17) is 24.0 Å². The van der Waals surface area contributed by atoms with Crippen molar-refractivity contribution in [1.29, 1.82) is 0 Å². The van der Waals surface area contributed by atoms with Crippen molar-refractivity contribution in [3.8, 4) is 0 Å². The Kier molecular flexibility index (Phi) is 10.4. The highest BCUT2D eigenvalue weighted by Crippen LogP contribution is 2.60. The molecule has 1 saturated carbocycles. The third-order valence-electron chi connectivity index (χ3n) is 10.2. The van der Waals surface area contributed by atoms with Crippen molar-refractivity contribution in [3.05, 3.63) is 35.9 Å². The number of carboxylic acid groups (broad SMARTS) is 1. The fraction of sp³-hybridized carbons (Fsp3) is 0.706. The number of aliphatic carboxylic acids is 1. The summed E-state index contributed by atoms with van der Waals surface area (Å²) in [5, 5.41) is 15.0. The maximum absolute atomic E-state index is 13.2. The maximum atomic E-state index is 13.2. The average Bonchev–Trinajstić information content (AvgIpc) is 3.24. The lowest BCUT2D eigenvalue weighted by Crippen LogP contribution is -2.70. The molecule has 4 heterocycles. The van der Waals surface area contributed by atoms with Crippen molar-refractivity contribution in [3.63, 3.8) is 0 Å². The van der Waals surface area contributed by atoms with Crippen LogP contribution in [0.2, 0.25) is 0 Å². The van der Waals surface area contributed by atoms with Crippen LogP contribution >= 0.6 is 0 Å². The molecule has 4 saturated heterocycles. The summed E-state index contributed by atoms with van der Waals surface area (Å²) in [7, 11) is 0. The molecule has 12 nitrogen and oxygen atoms in total. The van der Waals surface area contributed by atoms with Gasteiger partial charge in [-0.25, -0.2) is 14.6 Å². The fourth-order valence-corrected chi connectivity index (χ4v) is 7.70. The number of nitrogens with one attached hydrogen (secondary N) is 2. The Morgan fingerprint density at radius 1 is 0.978 bits per heavy atom. The van der Waals surface area contributed by atoms with Crippen LogP contribution in [-0.2, 0) is 49.6 Å². The molecule has 5 aliphatic rings. The predicted molar refractivity (Wildman–Crippen MR) is 163 cm³/mol. The van der Waals surface area contributed by atoms with Crippen LogP contribution in [0.25, 0.3) is 0 Å². The van der Waals surface area contributed by atoms with Gasteiger partial charge < -0.3 is 30.0 Å². The summed E-state index contributed by atoms with van der Waals surface area (Å²) in [5.41, 5.74) is -0.0153. The smallest absolute Gasteiger partial charge is 0.326 e. The third-order valence-corrected chi connectivity index (χ3v) is 10.2. The van der Waals surface area contributed by atoms with Gasteiger partial charge in [0.25, 0.3) is 0 Å². The Morgan fingerprint density at radius 2 is 1.72 bits per heavy atom. The number of carbonyl (C=O) groups is 4. The minimum atomic E-state index is -1.17. The van der Waals surface area contributed by atoms with E-state index in [9.17, 15) is 24.3 Å². The molecule has 12 heteroatoms. The van der Waals surface area contributed by atoms with E-state index < -0.39 is 59.8 Å². The van der Waals surface area contributed by atoms with Gasteiger partial charge in [0.1, 0.15) is 12.1 Å². The van der Waals surface area contributed by atoms with Crippen LogP contribution in [0.5, 0.6) is 0 Å². The molecule has 2 bridgehead atoms. The van der Waals surface area contributed by atoms with Crippen molar-refractivity contribution in [2.45, 2.75) is 122 Å². The molecule has 1 spiro atoms. The highest BCUT2D eigenvalue weighted by molar-refractivity contribution is 5.91. The highest BCUT2D eigenvalue weighted by atomic mass is 17.3. The monoisotopic (exact) mass is 644 g/mol. The molecule has 3 N–H and O–H groups in total. The summed E-state index contributed by atoms with van der Waals surface area (Å²) in [6.45, 7) is 9.83. The number of rotatable bonds is 12. The number of hydrogen-bond acceptors (Lipinski definition) is 9. The van der Waals surface area contributed by atoms with Gasteiger partial charge in [-0.3, -0.25) is 14.4 Å². The van der Waals surface area contributed by atoms with E-state index in [-0.39, 0.29) is 42.9 Å². The van der Waals surface area contributed by atoms with E-state index in [1.54, 1.807) is 24.3 Å². The molecule has 46 heavy (non-hydrogen) atoms. The fourth-order valence-electron chi connectivity index (χ4n) is 7.70. The van der Waals surface area contributed by atoms with Crippen LogP contribution in [0.15, 0.2) is 30.3 Å². The average molecular weight is 645 g/mol. The third kappa shape index (κ3) is 7.25. The van der Waals surface area contributed by atoms with E-state index in [0.717, 1.165) is 24.8 Å². The first-order chi connectivity index (χ1) is 21.8. The Hall–Kier alpha value is -3.06. The minimum absolute atomic E-state index is 0.0111. The first-order valence-electron chi connectivity index (χ1n) is 16.6. The van der Waals surface area contributed by atoms with Gasteiger partial charge in [0.2, 0.25) is 23.9 Å². The van der Waals surface area contributed by atoms with Gasteiger partial charge >= 0.3 is 11.9 Å². The SMILES string of the molecule is CC(C)CC(NC(=O)CCC(=O)O[C@@H]1O[C@H]2O[C@@]3(C)CC[C@H]4[C@H](C)CC[C@@H]([C@H]1C)[C@@]24OO3)C(=O)NC(Cc1ccccc1)C(=O)O. The van der Waals surface area contributed by atoms with E-state index in [1.807, 2.05) is 33.8 Å². The summed E-state index contributed by atoms with van der Waals surface area (Å²) < 4.78 is 18.4. The largest absolute Gasteiger partial charge is 0.480 e.